The summed E-state index contributed by atoms with van der Waals surface area (Å²) in [6, 6.07) is 11.8. The predicted octanol–water partition coefficient (Wildman–Crippen LogP) is 3.97. The highest BCUT2D eigenvalue weighted by Gasteiger charge is 2.19. The van der Waals surface area contributed by atoms with Crippen molar-refractivity contribution in [2.75, 3.05) is 5.32 Å². The lowest BCUT2D eigenvalue weighted by molar-refractivity contribution is -0.124. The molecule has 0 aromatic heterocycles. The fourth-order valence-corrected chi connectivity index (χ4v) is 2.14. The molecule has 2 rings (SSSR count). The van der Waals surface area contributed by atoms with Crippen LogP contribution in [-0.4, -0.2) is 11.0 Å². The molecule has 2 aromatic carbocycles. The van der Waals surface area contributed by atoms with E-state index in [1.54, 1.807) is 42.5 Å². The van der Waals surface area contributed by atoms with Gasteiger partial charge in [0.05, 0.1) is 0 Å². The minimum atomic E-state index is -1.33. The molecule has 0 radical (unpaired) electrons. The van der Waals surface area contributed by atoms with E-state index in [4.69, 9.17) is 23.2 Å². The van der Waals surface area contributed by atoms with Crippen molar-refractivity contribution in [2.45, 2.75) is 13.0 Å². The van der Waals surface area contributed by atoms with Gasteiger partial charge >= 0.3 is 0 Å². The van der Waals surface area contributed by atoms with Gasteiger partial charge in [-0.25, -0.2) is 0 Å². The van der Waals surface area contributed by atoms with Gasteiger partial charge in [0, 0.05) is 21.3 Å². The van der Waals surface area contributed by atoms with Crippen LogP contribution in [0.4, 0.5) is 5.69 Å². The summed E-state index contributed by atoms with van der Waals surface area (Å²) >= 11 is 11.9. The first kappa shape index (κ1) is 14.9. The average molecular weight is 310 g/mol. The number of rotatable bonds is 3. The van der Waals surface area contributed by atoms with E-state index in [2.05, 4.69) is 5.32 Å². The first-order chi connectivity index (χ1) is 9.49. The molecule has 0 aliphatic carbocycles. The van der Waals surface area contributed by atoms with Gasteiger partial charge in [-0.05, 0) is 30.7 Å². The molecule has 1 atom stereocenters. The van der Waals surface area contributed by atoms with E-state index in [0.29, 0.717) is 21.3 Å². The average Bonchev–Trinajstić information content (AvgIpc) is 2.42. The summed E-state index contributed by atoms with van der Waals surface area (Å²) in [4.78, 5) is 12.0. The van der Waals surface area contributed by atoms with Crippen molar-refractivity contribution in [3.8, 4) is 0 Å². The number of aliphatic hydroxyl groups is 1. The third kappa shape index (κ3) is 3.31. The molecule has 104 valence electrons. The molecule has 5 heteroatoms. The lowest BCUT2D eigenvalue weighted by atomic mass is 10.1. The largest absolute Gasteiger partial charge is 0.378 e. The normalized spacial score (nSPS) is 12.0. The molecule has 0 saturated carbocycles. The Balaban J connectivity index is 2.15. The Morgan fingerprint density at radius 3 is 2.50 bits per heavy atom. The molecule has 0 aliphatic heterocycles. The van der Waals surface area contributed by atoms with Crippen LogP contribution in [0, 0.1) is 6.92 Å². The molecular weight excluding hydrogens is 297 g/mol. The van der Waals surface area contributed by atoms with Gasteiger partial charge in [0.15, 0.2) is 6.10 Å². The molecule has 0 spiro atoms. The van der Waals surface area contributed by atoms with Crippen LogP contribution >= 0.6 is 23.2 Å². The maximum absolute atomic E-state index is 12.0. The van der Waals surface area contributed by atoms with E-state index in [0.717, 1.165) is 5.56 Å². The molecule has 20 heavy (non-hydrogen) atoms. The van der Waals surface area contributed by atoms with Gasteiger partial charge in [0.2, 0.25) is 0 Å². The summed E-state index contributed by atoms with van der Waals surface area (Å²) in [5.74, 6) is -0.557. The quantitative estimate of drug-likeness (QED) is 0.901. The summed E-state index contributed by atoms with van der Waals surface area (Å²) < 4.78 is 0. The number of carbonyl (C=O) groups is 1. The van der Waals surface area contributed by atoms with Crippen molar-refractivity contribution in [3.63, 3.8) is 0 Å². The van der Waals surface area contributed by atoms with Gasteiger partial charge in [-0.3, -0.25) is 4.79 Å². The second kappa shape index (κ2) is 6.27. The van der Waals surface area contributed by atoms with E-state index in [1.807, 2.05) is 6.92 Å². The second-order valence-corrected chi connectivity index (χ2v) is 5.19. The van der Waals surface area contributed by atoms with Gasteiger partial charge < -0.3 is 10.4 Å². The maximum atomic E-state index is 12.0. The number of hydrogen-bond donors (Lipinski definition) is 2. The van der Waals surface area contributed by atoms with E-state index in [1.165, 1.54) is 0 Å². The summed E-state index contributed by atoms with van der Waals surface area (Å²) in [5, 5.41) is 13.5. The van der Waals surface area contributed by atoms with Crippen LogP contribution in [0.1, 0.15) is 17.2 Å². The minimum Gasteiger partial charge on any atom is -0.378 e. The molecule has 0 heterocycles. The summed E-state index contributed by atoms with van der Waals surface area (Å²) in [5.41, 5.74) is 1.80. The molecule has 2 N–H and O–H groups in total. The van der Waals surface area contributed by atoms with Crippen LogP contribution in [0.3, 0.4) is 0 Å². The Kier molecular flexibility index (Phi) is 4.65. The number of carbonyl (C=O) groups excluding carboxylic acids is 1. The molecule has 0 bridgehead atoms. The zero-order chi connectivity index (χ0) is 14.7. The fraction of sp³-hybridized carbons (Fsp3) is 0.133. The first-order valence-corrected chi connectivity index (χ1v) is 6.74. The van der Waals surface area contributed by atoms with E-state index in [9.17, 15) is 9.90 Å². The van der Waals surface area contributed by atoms with Crippen LogP contribution in [0.15, 0.2) is 42.5 Å². The van der Waals surface area contributed by atoms with Crippen molar-refractivity contribution in [1.82, 2.24) is 0 Å². The Hall–Kier alpha value is -1.55. The topological polar surface area (TPSA) is 49.3 Å². The van der Waals surface area contributed by atoms with Crippen LogP contribution in [0.2, 0.25) is 10.0 Å². The number of amides is 1. The van der Waals surface area contributed by atoms with Crippen LogP contribution in [0.5, 0.6) is 0 Å². The Morgan fingerprint density at radius 1 is 1.15 bits per heavy atom. The third-order valence-electron chi connectivity index (χ3n) is 2.89. The van der Waals surface area contributed by atoms with Gasteiger partial charge in [-0.1, -0.05) is 47.5 Å². The number of benzene rings is 2. The number of hydrogen-bond acceptors (Lipinski definition) is 2. The highest BCUT2D eigenvalue weighted by Crippen LogP contribution is 2.25. The van der Waals surface area contributed by atoms with Crippen molar-refractivity contribution in [3.05, 3.63) is 63.6 Å². The van der Waals surface area contributed by atoms with Gasteiger partial charge in [0.25, 0.3) is 5.91 Å². The molecule has 3 nitrogen and oxygen atoms in total. The van der Waals surface area contributed by atoms with Crippen LogP contribution < -0.4 is 5.32 Å². The molecule has 2 aromatic rings. The van der Waals surface area contributed by atoms with Crippen LogP contribution in [-0.2, 0) is 4.79 Å². The van der Waals surface area contributed by atoms with Crippen molar-refractivity contribution >= 4 is 34.8 Å². The van der Waals surface area contributed by atoms with Crippen molar-refractivity contribution in [2.24, 2.45) is 0 Å². The van der Waals surface area contributed by atoms with Crippen LogP contribution in [0.25, 0.3) is 0 Å². The highest BCUT2D eigenvalue weighted by atomic mass is 35.5. The summed E-state index contributed by atoms with van der Waals surface area (Å²) in [6.07, 6.45) is -1.33. The first-order valence-electron chi connectivity index (χ1n) is 5.98. The zero-order valence-electron chi connectivity index (χ0n) is 10.7. The number of nitrogens with one attached hydrogen (secondary N) is 1. The lowest BCUT2D eigenvalue weighted by Gasteiger charge is -2.13. The molecule has 0 saturated heterocycles. The van der Waals surface area contributed by atoms with E-state index >= 15 is 0 Å². The van der Waals surface area contributed by atoms with Gasteiger partial charge in [-0.2, -0.15) is 0 Å². The van der Waals surface area contributed by atoms with Gasteiger partial charge in [-0.15, -0.1) is 0 Å². The maximum Gasteiger partial charge on any atom is 0.257 e. The van der Waals surface area contributed by atoms with E-state index in [-0.39, 0.29) is 0 Å². The number of aliphatic hydroxyl groups excluding tert-OH is 1. The molecular formula is C15H13Cl2NO2. The number of anilines is 1. The molecule has 0 fully saturated rings. The highest BCUT2D eigenvalue weighted by molar-refractivity contribution is 6.32. The Morgan fingerprint density at radius 2 is 1.85 bits per heavy atom. The predicted molar refractivity (Wildman–Crippen MR) is 81.2 cm³/mol. The SMILES string of the molecule is Cc1ccc(NC(=O)C(O)c2ccccc2Cl)cc1Cl. The van der Waals surface area contributed by atoms with Crippen molar-refractivity contribution in [1.29, 1.82) is 0 Å². The Labute approximate surface area is 127 Å². The fourth-order valence-electron chi connectivity index (χ4n) is 1.72. The summed E-state index contributed by atoms with van der Waals surface area (Å²) in [6.45, 7) is 1.87. The smallest absolute Gasteiger partial charge is 0.257 e. The number of aryl methyl sites for hydroxylation is 1. The van der Waals surface area contributed by atoms with Crippen molar-refractivity contribution < 1.29 is 9.90 Å². The van der Waals surface area contributed by atoms with E-state index < -0.39 is 12.0 Å². The standard InChI is InChI=1S/C15H13Cl2NO2/c1-9-6-7-10(8-13(9)17)18-15(20)14(19)11-4-2-3-5-12(11)16/h2-8,14,19H,1H3,(H,18,20). The van der Waals surface area contributed by atoms with Gasteiger partial charge in [0.1, 0.15) is 0 Å². The zero-order valence-corrected chi connectivity index (χ0v) is 12.2. The second-order valence-electron chi connectivity index (χ2n) is 4.38. The monoisotopic (exact) mass is 309 g/mol. The molecule has 0 aliphatic rings. The molecule has 1 unspecified atom stereocenters. The number of halogens is 2. The minimum absolute atomic E-state index is 0.345. The third-order valence-corrected chi connectivity index (χ3v) is 3.64. The molecule has 1 amide bonds. The summed E-state index contributed by atoms with van der Waals surface area (Å²) in [7, 11) is 0. The lowest BCUT2D eigenvalue weighted by Crippen LogP contribution is -2.21. The Bertz CT molecular complexity index is 644.